The van der Waals surface area contributed by atoms with Crippen molar-refractivity contribution >= 4 is 23.3 Å². The van der Waals surface area contributed by atoms with Gasteiger partial charge in [0.2, 0.25) is 0 Å². The van der Waals surface area contributed by atoms with E-state index in [1.54, 1.807) is 12.1 Å². The number of nitrogens with one attached hydrogen (secondary N) is 1. The summed E-state index contributed by atoms with van der Waals surface area (Å²) in [5.74, 6) is -0.321. The number of hydrogen-bond acceptors (Lipinski definition) is 3. The van der Waals surface area contributed by atoms with Crippen LogP contribution in [0.1, 0.15) is 22.7 Å². The van der Waals surface area contributed by atoms with E-state index >= 15 is 0 Å². The first-order valence-corrected chi connectivity index (χ1v) is 7.06. The lowest BCUT2D eigenvalue weighted by Gasteiger charge is -2.20. The third-order valence-electron chi connectivity index (χ3n) is 3.34. The largest absolute Gasteiger partial charge is 0.467 e. The summed E-state index contributed by atoms with van der Waals surface area (Å²) in [6.45, 7) is 3.98. The standard InChI is InChI=1S/C17H18ClNO2/c1-11-4-5-12(2)15(10-11)16(17(20)21-3)19-14-8-6-13(18)7-9-14/h4-10,16,19H,1-3H3. The van der Waals surface area contributed by atoms with Gasteiger partial charge in [0.15, 0.2) is 6.04 Å². The van der Waals surface area contributed by atoms with Gasteiger partial charge in [0.05, 0.1) is 7.11 Å². The molecule has 0 heterocycles. The summed E-state index contributed by atoms with van der Waals surface area (Å²) >= 11 is 5.88. The van der Waals surface area contributed by atoms with Crippen LogP contribution in [0.25, 0.3) is 0 Å². The van der Waals surface area contributed by atoms with Crippen molar-refractivity contribution < 1.29 is 9.53 Å². The Bertz CT molecular complexity index is 638. The fraction of sp³-hybridized carbons (Fsp3) is 0.235. The smallest absolute Gasteiger partial charge is 0.332 e. The van der Waals surface area contributed by atoms with Crippen LogP contribution in [0.15, 0.2) is 42.5 Å². The van der Waals surface area contributed by atoms with Crippen molar-refractivity contribution in [2.24, 2.45) is 0 Å². The number of anilines is 1. The van der Waals surface area contributed by atoms with Crippen molar-refractivity contribution in [3.63, 3.8) is 0 Å². The van der Waals surface area contributed by atoms with Crippen LogP contribution in [0.5, 0.6) is 0 Å². The third-order valence-corrected chi connectivity index (χ3v) is 3.59. The van der Waals surface area contributed by atoms with E-state index in [9.17, 15) is 4.79 Å². The van der Waals surface area contributed by atoms with E-state index in [0.717, 1.165) is 22.4 Å². The summed E-state index contributed by atoms with van der Waals surface area (Å²) in [5, 5.41) is 3.86. The van der Waals surface area contributed by atoms with Gasteiger partial charge in [-0.15, -0.1) is 0 Å². The normalized spacial score (nSPS) is 11.8. The second-order valence-electron chi connectivity index (χ2n) is 4.97. The molecule has 0 aliphatic carbocycles. The van der Waals surface area contributed by atoms with E-state index in [1.807, 2.05) is 44.2 Å². The van der Waals surface area contributed by atoms with Crippen molar-refractivity contribution in [1.82, 2.24) is 0 Å². The first-order valence-electron chi connectivity index (χ1n) is 6.68. The molecule has 21 heavy (non-hydrogen) atoms. The highest BCUT2D eigenvalue weighted by Crippen LogP contribution is 2.25. The average molecular weight is 304 g/mol. The monoisotopic (exact) mass is 303 g/mol. The highest BCUT2D eigenvalue weighted by Gasteiger charge is 2.23. The molecule has 1 N–H and O–H groups in total. The van der Waals surface area contributed by atoms with Crippen LogP contribution in [0.3, 0.4) is 0 Å². The minimum atomic E-state index is -0.545. The van der Waals surface area contributed by atoms with Crippen LogP contribution >= 0.6 is 11.6 Å². The molecule has 2 aromatic rings. The van der Waals surface area contributed by atoms with E-state index in [1.165, 1.54) is 7.11 Å². The third kappa shape index (κ3) is 3.76. The summed E-state index contributed by atoms with van der Waals surface area (Å²) in [6, 6.07) is 12.7. The van der Waals surface area contributed by atoms with Gasteiger partial charge in [-0.25, -0.2) is 4.79 Å². The summed E-state index contributed by atoms with van der Waals surface area (Å²) in [7, 11) is 1.39. The van der Waals surface area contributed by atoms with Gasteiger partial charge in [-0.3, -0.25) is 0 Å². The molecule has 110 valence electrons. The molecule has 0 amide bonds. The molecule has 0 saturated carbocycles. The molecular formula is C17H18ClNO2. The number of aryl methyl sites for hydroxylation is 2. The van der Waals surface area contributed by atoms with Gasteiger partial charge in [-0.2, -0.15) is 0 Å². The number of esters is 1. The van der Waals surface area contributed by atoms with Gasteiger partial charge < -0.3 is 10.1 Å². The van der Waals surface area contributed by atoms with Crippen molar-refractivity contribution in [2.45, 2.75) is 19.9 Å². The van der Waals surface area contributed by atoms with Crippen molar-refractivity contribution in [3.05, 3.63) is 64.2 Å². The first-order chi connectivity index (χ1) is 10.0. The van der Waals surface area contributed by atoms with Gasteiger partial charge in [0.1, 0.15) is 0 Å². The number of methoxy groups -OCH3 is 1. The molecule has 1 unspecified atom stereocenters. The molecule has 2 rings (SSSR count). The molecule has 4 heteroatoms. The van der Waals surface area contributed by atoms with E-state index in [0.29, 0.717) is 5.02 Å². The van der Waals surface area contributed by atoms with Gasteiger partial charge >= 0.3 is 5.97 Å². The first kappa shape index (κ1) is 15.4. The predicted molar refractivity (Wildman–Crippen MR) is 85.7 cm³/mol. The molecule has 3 nitrogen and oxygen atoms in total. The van der Waals surface area contributed by atoms with Gasteiger partial charge in [0.25, 0.3) is 0 Å². The van der Waals surface area contributed by atoms with Crippen LogP contribution < -0.4 is 5.32 Å². The lowest BCUT2D eigenvalue weighted by molar-refractivity contribution is -0.141. The van der Waals surface area contributed by atoms with Gasteiger partial charge in [-0.1, -0.05) is 35.4 Å². The number of carbonyl (C=O) groups excluding carboxylic acids is 1. The van der Waals surface area contributed by atoms with Gasteiger partial charge in [-0.05, 0) is 49.2 Å². The summed E-state index contributed by atoms with van der Waals surface area (Å²) in [4.78, 5) is 12.1. The Morgan fingerprint density at radius 3 is 2.43 bits per heavy atom. The molecule has 0 fully saturated rings. The van der Waals surface area contributed by atoms with Crippen LogP contribution in [0.4, 0.5) is 5.69 Å². The van der Waals surface area contributed by atoms with E-state index in [-0.39, 0.29) is 5.97 Å². The van der Waals surface area contributed by atoms with E-state index in [2.05, 4.69) is 5.32 Å². The van der Waals surface area contributed by atoms with Crippen LogP contribution in [0, 0.1) is 13.8 Å². The molecule has 0 spiro atoms. The minimum absolute atomic E-state index is 0.321. The molecule has 0 bridgehead atoms. The fourth-order valence-electron chi connectivity index (χ4n) is 2.17. The molecular weight excluding hydrogens is 286 g/mol. The number of rotatable bonds is 4. The van der Waals surface area contributed by atoms with Crippen LogP contribution in [-0.4, -0.2) is 13.1 Å². The molecule has 0 aliphatic heterocycles. The SMILES string of the molecule is COC(=O)C(Nc1ccc(Cl)cc1)c1cc(C)ccc1C. The summed E-state index contributed by atoms with van der Waals surface area (Å²) in [5.41, 5.74) is 3.87. The topological polar surface area (TPSA) is 38.3 Å². The number of ether oxygens (including phenoxy) is 1. The predicted octanol–water partition coefficient (Wildman–Crippen LogP) is 4.28. The van der Waals surface area contributed by atoms with E-state index in [4.69, 9.17) is 16.3 Å². The Morgan fingerprint density at radius 2 is 1.81 bits per heavy atom. The Morgan fingerprint density at radius 1 is 1.14 bits per heavy atom. The zero-order chi connectivity index (χ0) is 15.4. The van der Waals surface area contributed by atoms with Crippen molar-refractivity contribution in [2.75, 3.05) is 12.4 Å². The molecule has 0 radical (unpaired) electrons. The molecule has 0 saturated heterocycles. The van der Waals surface area contributed by atoms with Crippen LogP contribution in [-0.2, 0) is 9.53 Å². The number of benzene rings is 2. The lowest BCUT2D eigenvalue weighted by atomic mass is 9.98. The van der Waals surface area contributed by atoms with Gasteiger partial charge in [0, 0.05) is 10.7 Å². The second-order valence-corrected chi connectivity index (χ2v) is 5.40. The Labute approximate surface area is 129 Å². The Kier molecular flexibility index (Phi) is 4.86. The maximum atomic E-state index is 12.1. The molecule has 0 aliphatic rings. The molecule has 1 atom stereocenters. The zero-order valence-corrected chi connectivity index (χ0v) is 13.1. The number of carbonyl (C=O) groups is 1. The maximum absolute atomic E-state index is 12.1. The van der Waals surface area contributed by atoms with Crippen molar-refractivity contribution in [1.29, 1.82) is 0 Å². The highest BCUT2D eigenvalue weighted by atomic mass is 35.5. The van der Waals surface area contributed by atoms with E-state index < -0.39 is 6.04 Å². The Hall–Kier alpha value is -2.00. The second kappa shape index (κ2) is 6.64. The number of hydrogen-bond donors (Lipinski definition) is 1. The van der Waals surface area contributed by atoms with Crippen molar-refractivity contribution in [3.8, 4) is 0 Å². The summed E-state index contributed by atoms with van der Waals surface area (Å²) in [6.07, 6.45) is 0. The lowest BCUT2D eigenvalue weighted by Crippen LogP contribution is -2.23. The zero-order valence-electron chi connectivity index (χ0n) is 12.3. The number of halogens is 1. The quantitative estimate of drug-likeness (QED) is 0.857. The fourth-order valence-corrected chi connectivity index (χ4v) is 2.29. The maximum Gasteiger partial charge on any atom is 0.332 e. The molecule has 2 aromatic carbocycles. The van der Waals surface area contributed by atoms with Crippen LogP contribution in [0.2, 0.25) is 5.02 Å². The highest BCUT2D eigenvalue weighted by molar-refractivity contribution is 6.30. The average Bonchev–Trinajstić information content (AvgIpc) is 2.48. The molecule has 0 aromatic heterocycles. The summed E-state index contributed by atoms with van der Waals surface area (Å²) < 4.78 is 4.93. The Balaban J connectivity index is 2.36. The minimum Gasteiger partial charge on any atom is -0.467 e.